The number of nitrogens with zero attached hydrogens (tertiary/aromatic N) is 4. The van der Waals surface area contributed by atoms with E-state index in [1.807, 2.05) is 11.1 Å². The number of aliphatic hydroxyl groups excluding tert-OH is 1. The summed E-state index contributed by atoms with van der Waals surface area (Å²) in [6.45, 7) is 4.84. The summed E-state index contributed by atoms with van der Waals surface area (Å²) in [5, 5.41) is 9.64. The molecule has 1 aromatic rings. The van der Waals surface area contributed by atoms with Gasteiger partial charge in [0, 0.05) is 39.3 Å². The lowest BCUT2D eigenvalue weighted by Crippen LogP contribution is -2.37. The summed E-state index contributed by atoms with van der Waals surface area (Å²) in [6, 6.07) is 0. The van der Waals surface area contributed by atoms with Gasteiger partial charge in [-0.3, -0.25) is 9.78 Å². The summed E-state index contributed by atoms with van der Waals surface area (Å²) in [5.74, 6) is 1.62. The van der Waals surface area contributed by atoms with E-state index in [0.717, 1.165) is 56.8 Å². The summed E-state index contributed by atoms with van der Waals surface area (Å²) in [7, 11) is 0. The van der Waals surface area contributed by atoms with Crippen LogP contribution in [0.2, 0.25) is 0 Å². The fourth-order valence-corrected chi connectivity index (χ4v) is 3.34. The van der Waals surface area contributed by atoms with E-state index < -0.39 is 0 Å². The number of aromatic nitrogens is 2. The van der Waals surface area contributed by atoms with E-state index in [4.69, 9.17) is 4.98 Å². The van der Waals surface area contributed by atoms with E-state index in [9.17, 15) is 9.90 Å². The molecule has 1 N–H and O–H groups in total. The maximum Gasteiger partial charge on any atom is 0.219 e. The number of anilines is 1. The van der Waals surface area contributed by atoms with Crippen LogP contribution in [0.25, 0.3) is 0 Å². The zero-order valence-corrected chi connectivity index (χ0v) is 13.1. The van der Waals surface area contributed by atoms with Crippen molar-refractivity contribution in [1.29, 1.82) is 0 Å². The van der Waals surface area contributed by atoms with E-state index >= 15 is 0 Å². The topological polar surface area (TPSA) is 69.6 Å². The van der Waals surface area contributed by atoms with Crippen molar-refractivity contribution in [1.82, 2.24) is 14.9 Å². The van der Waals surface area contributed by atoms with Crippen LogP contribution >= 0.6 is 0 Å². The van der Waals surface area contributed by atoms with Gasteiger partial charge in [0.2, 0.25) is 5.91 Å². The predicted molar refractivity (Wildman–Crippen MR) is 83.6 cm³/mol. The summed E-state index contributed by atoms with van der Waals surface area (Å²) in [6.07, 6.45) is 7.16. The Morgan fingerprint density at radius 1 is 1.27 bits per heavy atom. The minimum Gasteiger partial charge on any atom is -0.391 e. The smallest absolute Gasteiger partial charge is 0.219 e. The molecule has 6 heteroatoms. The van der Waals surface area contributed by atoms with Crippen molar-refractivity contribution in [2.24, 2.45) is 5.92 Å². The molecule has 0 saturated carbocycles. The number of piperidine rings is 1. The number of likely N-dealkylation sites (tertiary alicyclic amines) is 1. The van der Waals surface area contributed by atoms with Gasteiger partial charge in [-0.15, -0.1) is 0 Å². The molecular weight excluding hydrogens is 280 g/mol. The SMILES string of the molecule is CC(=O)N1CCC(Cc2cncc(N3CC[C@@H](O)C3)n2)CC1. The second-order valence-electron chi connectivity index (χ2n) is 6.41. The number of rotatable bonds is 3. The molecular formula is C16H24N4O2. The monoisotopic (exact) mass is 304 g/mol. The van der Waals surface area contributed by atoms with E-state index in [1.54, 1.807) is 13.1 Å². The van der Waals surface area contributed by atoms with E-state index in [1.165, 1.54) is 0 Å². The first-order valence-electron chi connectivity index (χ1n) is 8.11. The number of amides is 1. The van der Waals surface area contributed by atoms with Crippen LogP contribution < -0.4 is 4.90 Å². The second-order valence-corrected chi connectivity index (χ2v) is 6.41. The Bertz CT molecular complexity index is 529. The molecule has 3 heterocycles. The van der Waals surface area contributed by atoms with Gasteiger partial charge in [-0.2, -0.15) is 0 Å². The molecule has 22 heavy (non-hydrogen) atoms. The molecule has 2 saturated heterocycles. The van der Waals surface area contributed by atoms with Crippen LogP contribution in [-0.4, -0.2) is 58.2 Å². The Morgan fingerprint density at radius 3 is 2.68 bits per heavy atom. The van der Waals surface area contributed by atoms with Crippen molar-refractivity contribution < 1.29 is 9.90 Å². The van der Waals surface area contributed by atoms with Crippen molar-refractivity contribution in [3.05, 3.63) is 18.1 Å². The van der Waals surface area contributed by atoms with Crippen LogP contribution in [-0.2, 0) is 11.2 Å². The molecule has 0 spiro atoms. The third-order valence-electron chi connectivity index (χ3n) is 4.72. The maximum absolute atomic E-state index is 11.4. The first-order chi connectivity index (χ1) is 10.6. The van der Waals surface area contributed by atoms with Gasteiger partial charge in [-0.05, 0) is 31.6 Å². The van der Waals surface area contributed by atoms with E-state index in [2.05, 4.69) is 9.88 Å². The average Bonchev–Trinajstić information content (AvgIpc) is 2.95. The molecule has 1 aromatic heterocycles. The number of β-amino-alcohol motifs (C(OH)–C–C–N with tert-alkyl or cyclic N) is 1. The molecule has 1 amide bonds. The van der Waals surface area contributed by atoms with Crippen LogP contribution in [0.15, 0.2) is 12.4 Å². The lowest BCUT2D eigenvalue weighted by molar-refractivity contribution is -0.130. The quantitative estimate of drug-likeness (QED) is 0.896. The number of carbonyl (C=O) groups is 1. The van der Waals surface area contributed by atoms with Crippen molar-refractivity contribution >= 4 is 11.7 Å². The minimum atomic E-state index is -0.249. The van der Waals surface area contributed by atoms with Gasteiger partial charge in [0.05, 0.1) is 18.0 Å². The maximum atomic E-state index is 11.4. The highest BCUT2D eigenvalue weighted by Crippen LogP contribution is 2.23. The molecule has 0 radical (unpaired) electrons. The molecule has 2 aliphatic heterocycles. The Morgan fingerprint density at radius 2 is 2.05 bits per heavy atom. The zero-order valence-electron chi connectivity index (χ0n) is 13.1. The van der Waals surface area contributed by atoms with E-state index in [-0.39, 0.29) is 12.0 Å². The normalized spacial score (nSPS) is 23.1. The minimum absolute atomic E-state index is 0.174. The molecule has 6 nitrogen and oxygen atoms in total. The van der Waals surface area contributed by atoms with Gasteiger partial charge >= 0.3 is 0 Å². The fraction of sp³-hybridized carbons (Fsp3) is 0.688. The number of carbonyl (C=O) groups excluding carboxylic acids is 1. The molecule has 0 aliphatic carbocycles. The molecule has 3 rings (SSSR count). The highest BCUT2D eigenvalue weighted by Gasteiger charge is 2.23. The average molecular weight is 304 g/mol. The first kappa shape index (κ1) is 15.2. The standard InChI is InChI=1S/C16H24N4O2/c1-12(21)19-5-2-13(3-6-19)8-14-9-17-10-16(18-14)20-7-4-15(22)11-20/h9-10,13,15,22H,2-8,11H2,1H3/t15-/m1/s1. The highest BCUT2D eigenvalue weighted by molar-refractivity contribution is 5.73. The Labute approximate surface area is 131 Å². The van der Waals surface area contributed by atoms with Crippen molar-refractivity contribution in [2.75, 3.05) is 31.1 Å². The van der Waals surface area contributed by atoms with Gasteiger partial charge in [-0.25, -0.2) is 4.98 Å². The molecule has 0 bridgehead atoms. The van der Waals surface area contributed by atoms with Crippen LogP contribution in [0, 0.1) is 5.92 Å². The zero-order chi connectivity index (χ0) is 15.5. The predicted octanol–water partition coefficient (Wildman–Crippen LogP) is 0.849. The van der Waals surface area contributed by atoms with Crippen LogP contribution in [0.4, 0.5) is 5.82 Å². The summed E-state index contributed by atoms with van der Waals surface area (Å²) in [4.78, 5) is 24.4. The Balaban J connectivity index is 1.58. The van der Waals surface area contributed by atoms with Gasteiger partial charge in [0.15, 0.2) is 0 Å². The molecule has 2 fully saturated rings. The molecule has 1 atom stereocenters. The van der Waals surface area contributed by atoms with Crippen molar-refractivity contribution in [3.63, 3.8) is 0 Å². The number of hydrogen-bond acceptors (Lipinski definition) is 5. The number of hydrogen-bond donors (Lipinski definition) is 1. The summed E-state index contributed by atoms with van der Waals surface area (Å²) < 4.78 is 0. The third-order valence-corrected chi connectivity index (χ3v) is 4.72. The number of aliphatic hydroxyl groups is 1. The Hall–Kier alpha value is -1.69. The van der Waals surface area contributed by atoms with Crippen LogP contribution in [0.5, 0.6) is 0 Å². The second kappa shape index (κ2) is 6.60. The lowest BCUT2D eigenvalue weighted by Gasteiger charge is -2.31. The van der Waals surface area contributed by atoms with Gasteiger partial charge < -0.3 is 14.9 Å². The third kappa shape index (κ3) is 3.55. The molecule has 2 aliphatic rings. The lowest BCUT2D eigenvalue weighted by atomic mass is 9.92. The highest BCUT2D eigenvalue weighted by atomic mass is 16.3. The van der Waals surface area contributed by atoms with Crippen molar-refractivity contribution in [2.45, 2.75) is 38.7 Å². The van der Waals surface area contributed by atoms with E-state index in [0.29, 0.717) is 12.5 Å². The van der Waals surface area contributed by atoms with Crippen LogP contribution in [0.1, 0.15) is 31.9 Å². The fourth-order valence-electron chi connectivity index (χ4n) is 3.34. The molecule has 0 unspecified atom stereocenters. The Kier molecular flexibility index (Phi) is 4.57. The van der Waals surface area contributed by atoms with Crippen LogP contribution in [0.3, 0.4) is 0 Å². The summed E-state index contributed by atoms with van der Waals surface area (Å²) in [5.41, 5.74) is 1.01. The molecule has 120 valence electrons. The van der Waals surface area contributed by atoms with Gasteiger partial charge in [0.25, 0.3) is 0 Å². The largest absolute Gasteiger partial charge is 0.391 e. The van der Waals surface area contributed by atoms with Crippen molar-refractivity contribution in [3.8, 4) is 0 Å². The van der Waals surface area contributed by atoms with Gasteiger partial charge in [0.1, 0.15) is 5.82 Å². The summed E-state index contributed by atoms with van der Waals surface area (Å²) >= 11 is 0. The molecule has 0 aromatic carbocycles. The van der Waals surface area contributed by atoms with Gasteiger partial charge in [-0.1, -0.05) is 0 Å². The first-order valence-corrected chi connectivity index (χ1v) is 8.11.